The topological polar surface area (TPSA) is 6.48 Å². The van der Waals surface area contributed by atoms with Gasteiger partial charge in [-0.05, 0) is 143 Å². The van der Waals surface area contributed by atoms with Gasteiger partial charge in [-0.2, -0.15) is 0 Å². The molecule has 0 unspecified atom stereocenters. The number of para-hydroxylation sites is 1. The summed E-state index contributed by atoms with van der Waals surface area (Å²) >= 11 is 0. The quantitative estimate of drug-likeness (QED) is 0.144. The Kier molecular flexibility index (Phi) is 9.58. The van der Waals surface area contributed by atoms with Crippen molar-refractivity contribution in [1.29, 1.82) is 0 Å². The Hall–Kier alpha value is -5.08. The van der Waals surface area contributed by atoms with Gasteiger partial charge in [-0.3, -0.25) is 0 Å². The molecule has 9 rings (SSSR count). The smallest absolute Gasteiger partial charge is 0.0994 e. The van der Waals surface area contributed by atoms with Crippen molar-refractivity contribution < 1.29 is 0 Å². The van der Waals surface area contributed by atoms with Crippen LogP contribution in [0.4, 0.5) is 22.7 Å². The lowest BCUT2D eigenvalue weighted by molar-refractivity contribution is 0.284. The third-order valence-electron chi connectivity index (χ3n) is 15.1. The highest BCUT2D eigenvalue weighted by Gasteiger charge is 2.56. The molecular formula is C58H65N2. The summed E-state index contributed by atoms with van der Waals surface area (Å²) in [7, 11) is 0. The second-order valence-corrected chi connectivity index (χ2v) is 20.4. The fourth-order valence-corrected chi connectivity index (χ4v) is 11.9. The van der Waals surface area contributed by atoms with Gasteiger partial charge >= 0.3 is 0 Å². The highest BCUT2D eigenvalue weighted by Crippen LogP contribution is 2.61. The molecule has 1 radical (unpaired) electrons. The Morgan fingerprint density at radius 1 is 0.500 bits per heavy atom. The van der Waals surface area contributed by atoms with Crippen LogP contribution >= 0.6 is 0 Å². The Balaban J connectivity index is 1.22. The Morgan fingerprint density at radius 2 is 0.983 bits per heavy atom. The maximum absolute atomic E-state index is 2.80. The van der Waals surface area contributed by atoms with E-state index in [4.69, 9.17) is 0 Å². The fourth-order valence-electron chi connectivity index (χ4n) is 11.9. The van der Waals surface area contributed by atoms with Crippen LogP contribution in [0.1, 0.15) is 153 Å². The summed E-state index contributed by atoms with van der Waals surface area (Å²) in [6.07, 6.45) is 3.34. The first kappa shape index (κ1) is 40.3. The van der Waals surface area contributed by atoms with Crippen molar-refractivity contribution in [2.24, 2.45) is 5.41 Å². The molecule has 2 aliphatic carbocycles. The molecule has 3 aliphatic rings. The number of hydrogen-bond acceptors (Lipinski definition) is 2. The summed E-state index contributed by atoms with van der Waals surface area (Å²) in [6.45, 7) is 28.8. The summed E-state index contributed by atoms with van der Waals surface area (Å²) in [5.74, 6) is 0.833. The van der Waals surface area contributed by atoms with E-state index in [9.17, 15) is 0 Å². The third-order valence-corrected chi connectivity index (χ3v) is 15.1. The zero-order valence-electron chi connectivity index (χ0n) is 38.3. The van der Waals surface area contributed by atoms with Gasteiger partial charge in [-0.1, -0.05) is 160 Å². The number of fused-ring (bicyclic) bond motifs is 6. The predicted octanol–water partition coefficient (Wildman–Crippen LogP) is 16.4. The first-order chi connectivity index (χ1) is 28.6. The third kappa shape index (κ3) is 5.94. The molecule has 0 amide bonds. The van der Waals surface area contributed by atoms with Crippen LogP contribution in [-0.2, 0) is 10.8 Å². The summed E-state index contributed by atoms with van der Waals surface area (Å²) < 4.78 is 0. The number of rotatable bonds is 9. The van der Waals surface area contributed by atoms with Gasteiger partial charge < -0.3 is 9.80 Å². The minimum atomic E-state index is -0.0987. The van der Waals surface area contributed by atoms with Crippen LogP contribution in [0.15, 0.2) is 127 Å². The molecule has 2 nitrogen and oxygen atoms in total. The minimum Gasteiger partial charge on any atom is -0.353 e. The van der Waals surface area contributed by atoms with E-state index < -0.39 is 0 Å². The van der Waals surface area contributed by atoms with Gasteiger partial charge in [0.1, 0.15) is 0 Å². The standard InChI is InChI=1S/C58H65N2/c1-13-58(14-2)36-55(7,8)60(53-43(37(3)4)22-19-23-44(53)38(5)6)54(58)39-26-28-40(29-27-39)59(41-31-33-51-48(34-41)46-21-16-18-25-50(46)56(51,9)10)42-30-32-47-45-20-15-17-24-49(45)57(11,12)52(47)35-42/h15-35,37-38H,13-14,36H2,1-12H3. The molecule has 60 heavy (non-hydrogen) atoms. The molecule has 1 saturated heterocycles. The monoisotopic (exact) mass is 790 g/mol. The highest BCUT2D eigenvalue weighted by atomic mass is 15.3. The molecule has 1 aliphatic heterocycles. The summed E-state index contributed by atoms with van der Waals surface area (Å²) in [6, 6.07) is 50.6. The molecule has 6 aromatic rings. The van der Waals surface area contributed by atoms with Crippen LogP contribution in [0.3, 0.4) is 0 Å². The zero-order chi connectivity index (χ0) is 42.5. The minimum absolute atomic E-state index is 0.0485. The van der Waals surface area contributed by atoms with E-state index in [2.05, 4.69) is 220 Å². The van der Waals surface area contributed by atoms with E-state index in [1.807, 2.05) is 0 Å². The van der Waals surface area contributed by atoms with E-state index >= 15 is 0 Å². The molecule has 0 aromatic heterocycles. The number of benzene rings is 6. The van der Waals surface area contributed by atoms with Crippen LogP contribution in [-0.4, -0.2) is 5.54 Å². The lowest BCUT2D eigenvalue weighted by Crippen LogP contribution is -2.42. The average molecular weight is 790 g/mol. The number of hydrogen-bond donors (Lipinski definition) is 0. The van der Waals surface area contributed by atoms with Gasteiger partial charge in [0.25, 0.3) is 0 Å². The van der Waals surface area contributed by atoms with Gasteiger partial charge in [0.05, 0.1) is 6.04 Å². The van der Waals surface area contributed by atoms with Crippen molar-refractivity contribution >= 4 is 22.7 Å². The van der Waals surface area contributed by atoms with E-state index in [1.165, 1.54) is 90.0 Å². The lowest BCUT2D eigenvalue weighted by atomic mass is 9.71. The van der Waals surface area contributed by atoms with Crippen molar-refractivity contribution in [2.75, 3.05) is 9.80 Å². The summed E-state index contributed by atoms with van der Waals surface area (Å²) in [5, 5.41) is 0. The molecule has 0 saturated carbocycles. The van der Waals surface area contributed by atoms with E-state index in [-0.39, 0.29) is 21.8 Å². The van der Waals surface area contributed by atoms with E-state index in [0.717, 1.165) is 19.3 Å². The number of nitrogens with zero attached hydrogens (tertiary/aromatic N) is 2. The van der Waals surface area contributed by atoms with Crippen LogP contribution in [0.5, 0.6) is 0 Å². The molecule has 0 spiro atoms. The second-order valence-electron chi connectivity index (χ2n) is 20.4. The van der Waals surface area contributed by atoms with Gasteiger partial charge in [-0.15, -0.1) is 0 Å². The summed E-state index contributed by atoms with van der Waals surface area (Å²) in [4.78, 5) is 5.31. The predicted molar refractivity (Wildman–Crippen MR) is 257 cm³/mol. The zero-order valence-corrected chi connectivity index (χ0v) is 38.3. The van der Waals surface area contributed by atoms with Crippen LogP contribution in [0.25, 0.3) is 22.3 Å². The van der Waals surface area contributed by atoms with Crippen molar-refractivity contribution in [3.63, 3.8) is 0 Å². The van der Waals surface area contributed by atoms with Gasteiger partial charge in [0, 0.05) is 44.5 Å². The van der Waals surface area contributed by atoms with Crippen molar-refractivity contribution in [3.05, 3.63) is 172 Å². The molecule has 0 bridgehead atoms. The first-order valence-electron chi connectivity index (χ1n) is 22.8. The van der Waals surface area contributed by atoms with Crippen LogP contribution in [0.2, 0.25) is 0 Å². The maximum atomic E-state index is 2.80. The normalized spacial score (nSPS) is 17.8. The molecule has 0 N–H and O–H groups in total. The summed E-state index contributed by atoms with van der Waals surface area (Å²) in [5.41, 5.74) is 20.0. The molecule has 2 heteroatoms. The van der Waals surface area contributed by atoms with Gasteiger partial charge in [0.15, 0.2) is 0 Å². The van der Waals surface area contributed by atoms with Gasteiger partial charge in [-0.25, -0.2) is 0 Å². The molecule has 0 atom stereocenters. The largest absolute Gasteiger partial charge is 0.353 e. The number of anilines is 4. The highest BCUT2D eigenvalue weighted by molar-refractivity contribution is 5.89. The first-order valence-corrected chi connectivity index (χ1v) is 22.8. The Morgan fingerprint density at radius 3 is 1.57 bits per heavy atom. The van der Waals surface area contributed by atoms with Crippen LogP contribution < -0.4 is 9.80 Å². The second kappa shape index (κ2) is 14.3. The molecule has 1 fully saturated rings. The Labute approximate surface area is 361 Å². The molecule has 6 aromatic carbocycles. The van der Waals surface area contributed by atoms with Crippen molar-refractivity contribution in [1.82, 2.24) is 0 Å². The van der Waals surface area contributed by atoms with Crippen molar-refractivity contribution in [3.8, 4) is 22.3 Å². The maximum Gasteiger partial charge on any atom is 0.0994 e. The SMILES string of the molecule is CCC1(CC)CC(C)(C)N(c2c(C(C)C)cccc2C(C)C)[C]1c1ccc(N(c2ccc3c(c2)-c2ccccc2C3(C)C)c2ccc3c(c2)C(C)(C)c2ccccc2-3)cc1. The van der Waals surface area contributed by atoms with E-state index in [0.29, 0.717) is 11.8 Å². The van der Waals surface area contributed by atoms with Gasteiger partial charge in [0.2, 0.25) is 0 Å². The molecule has 1 heterocycles. The lowest BCUT2D eigenvalue weighted by Gasteiger charge is -2.43. The molecule has 307 valence electrons. The Bertz CT molecular complexity index is 2570. The van der Waals surface area contributed by atoms with E-state index in [1.54, 1.807) is 0 Å². The van der Waals surface area contributed by atoms with Crippen LogP contribution in [0, 0.1) is 11.5 Å². The average Bonchev–Trinajstić information content (AvgIpc) is 3.73. The van der Waals surface area contributed by atoms with Crippen molar-refractivity contribution in [2.45, 2.75) is 131 Å². The molecular weight excluding hydrogens is 725 g/mol. The fraction of sp³-hybridized carbons (Fsp3) is 0.362.